The highest BCUT2D eigenvalue weighted by Crippen LogP contribution is 2.17. The molecule has 1 heterocycles. The highest BCUT2D eigenvalue weighted by Gasteiger charge is 2.26. The number of carbonyl (C=O) groups is 3. The maximum Gasteiger partial charge on any atom is 0.325 e. The Labute approximate surface area is 158 Å². The number of esters is 1. The molecule has 1 aromatic carbocycles. The van der Waals surface area contributed by atoms with Gasteiger partial charge in [0.15, 0.2) is 6.61 Å². The van der Waals surface area contributed by atoms with Gasteiger partial charge in [-0.05, 0) is 32.9 Å². The van der Waals surface area contributed by atoms with Crippen molar-refractivity contribution in [1.29, 1.82) is 0 Å². The van der Waals surface area contributed by atoms with Crippen molar-refractivity contribution >= 4 is 17.8 Å². The Morgan fingerprint density at radius 2 is 1.85 bits per heavy atom. The van der Waals surface area contributed by atoms with Crippen LogP contribution in [0.5, 0.6) is 5.75 Å². The van der Waals surface area contributed by atoms with Gasteiger partial charge in [-0.2, -0.15) is 0 Å². The van der Waals surface area contributed by atoms with Gasteiger partial charge in [0.2, 0.25) is 0 Å². The number of benzene rings is 1. The van der Waals surface area contributed by atoms with Crippen LogP contribution in [-0.2, 0) is 19.1 Å². The average molecular weight is 378 g/mol. The van der Waals surface area contributed by atoms with Crippen LogP contribution in [0.4, 0.5) is 0 Å². The van der Waals surface area contributed by atoms with Crippen molar-refractivity contribution in [2.75, 3.05) is 32.8 Å². The summed E-state index contributed by atoms with van der Waals surface area (Å²) in [5, 5.41) is 2.48. The van der Waals surface area contributed by atoms with Gasteiger partial charge in [0.05, 0.1) is 24.4 Å². The SMILES string of the molecule is CCOc1ccccc1C(=O)NCC(=O)OCC(=O)N1C[C@@H](C)O[C@H](C)C1. The minimum Gasteiger partial charge on any atom is -0.493 e. The fourth-order valence-electron chi connectivity index (χ4n) is 2.85. The Balaban J connectivity index is 1.77. The number of rotatable bonds is 7. The fraction of sp³-hybridized carbons (Fsp3) is 0.526. The van der Waals surface area contributed by atoms with Crippen molar-refractivity contribution < 1.29 is 28.6 Å². The van der Waals surface area contributed by atoms with Gasteiger partial charge < -0.3 is 24.4 Å². The van der Waals surface area contributed by atoms with Crippen molar-refractivity contribution in [1.82, 2.24) is 10.2 Å². The summed E-state index contributed by atoms with van der Waals surface area (Å²) in [5.41, 5.74) is 0.333. The van der Waals surface area contributed by atoms with E-state index < -0.39 is 11.9 Å². The van der Waals surface area contributed by atoms with Gasteiger partial charge in [-0.15, -0.1) is 0 Å². The summed E-state index contributed by atoms with van der Waals surface area (Å²) in [5.74, 6) is -0.965. The molecule has 1 fully saturated rings. The molecule has 8 heteroatoms. The van der Waals surface area contributed by atoms with Crippen LogP contribution in [0.2, 0.25) is 0 Å². The molecule has 27 heavy (non-hydrogen) atoms. The number of nitrogens with one attached hydrogen (secondary N) is 1. The van der Waals surface area contributed by atoms with E-state index in [0.717, 1.165) is 0 Å². The standard InChI is InChI=1S/C19H26N2O6/c1-4-25-16-8-6-5-7-15(16)19(24)20-9-18(23)26-12-17(22)21-10-13(2)27-14(3)11-21/h5-8,13-14H,4,9-12H2,1-3H3,(H,20,24)/t13-,14-/m1/s1. The Bertz CT molecular complexity index is 668. The summed E-state index contributed by atoms with van der Waals surface area (Å²) >= 11 is 0. The van der Waals surface area contributed by atoms with E-state index in [1.807, 2.05) is 20.8 Å². The third-order valence-electron chi connectivity index (χ3n) is 3.95. The first-order valence-electron chi connectivity index (χ1n) is 8.99. The molecule has 0 aliphatic carbocycles. The van der Waals surface area contributed by atoms with Crippen LogP contribution in [-0.4, -0.2) is 67.7 Å². The molecule has 2 amide bonds. The Morgan fingerprint density at radius 3 is 2.52 bits per heavy atom. The lowest BCUT2D eigenvalue weighted by molar-refractivity contribution is -0.156. The van der Waals surface area contributed by atoms with Crippen LogP contribution >= 0.6 is 0 Å². The van der Waals surface area contributed by atoms with Gasteiger partial charge in [-0.3, -0.25) is 14.4 Å². The molecular formula is C19H26N2O6. The van der Waals surface area contributed by atoms with Crippen molar-refractivity contribution in [3.05, 3.63) is 29.8 Å². The number of para-hydroxylation sites is 1. The predicted molar refractivity (Wildman–Crippen MR) is 97.5 cm³/mol. The molecular weight excluding hydrogens is 352 g/mol. The summed E-state index contributed by atoms with van der Waals surface area (Å²) in [6, 6.07) is 6.75. The molecule has 1 N–H and O–H groups in total. The first-order chi connectivity index (χ1) is 12.9. The minimum atomic E-state index is -0.681. The van der Waals surface area contributed by atoms with Gasteiger partial charge >= 0.3 is 5.97 Å². The molecule has 0 bridgehead atoms. The number of morpholine rings is 1. The normalized spacial score (nSPS) is 19.3. The lowest BCUT2D eigenvalue weighted by Crippen LogP contribution is -2.49. The van der Waals surface area contributed by atoms with Crippen molar-refractivity contribution in [2.24, 2.45) is 0 Å². The van der Waals surface area contributed by atoms with Crippen LogP contribution in [0.3, 0.4) is 0 Å². The second-order valence-electron chi connectivity index (χ2n) is 6.33. The molecule has 148 valence electrons. The first kappa shape index (κ1) is 20.7. The van der Waals surface area contributed by atoms with E-state index in [0.29, 0.717) is 31.0 Å². The van der Waals surface area contributed by atoms with E-state index >= 15 is 0 Å². The molecule has 0 radical (unpaired) electrons. The molecule has 1 aliphatic heterocycles. The molecule has 2 atom stereocenters. The van der Waals surface area contributed by atoms with Crippen molar-refractivity contribution in [2.45, 2.75) is 33.0 Å². The molecule has 0 spiro atoms. The van der Waals surface area contributed by atoms with Crippen LogP contribution < -0.4 is 10.1 Å². The first-order valence-corrected chi connectivity index (χ1v) is 8.99. The molecule has 1 aliphatic rings. The molecule has 8 nitrogen and oxygen atoms in total. The largest absolute Gasteiger partial charge is 0.493 e. The molecule has 0 unspecified atom stereocenters. The highest BCUT2D eigenvalue weighted by molar-refractivity contribution is 5.98. The fourth-order valence-corrected chi connectivity index (χ4v) is 2.85. The highest BCUT2D eigenvalue weighted by atomic mass is 16.5. The predicted octanol–water partition coefficient (Wildman–Crippen LogP) is 0.994. The molecule has 0 saturated carbocycles. The number of amides is 2. The monoisotopic (exact) mass is 378 g/mol. The number of ether oxygens (including phenoxy) is 3. The molecule has 1 saturated heterocycles. The van der Waals surface area contributed by atoms with E-state index in [1.165, 1.54) is 0 Å². The van der Waals surface area contributed by atoms with E-state index in [9.17, 15) is 14.4 Å². The maximum absolute atomic E-state index is 12.2. The van der Waals surface area contributed by atoms with E-state index in [2.05, 4.69) is 5.32 Å². The Morgan fingerprint density at radius 1 is 1.19 bits per heavy atom. The zero-order chi connectivity index (χ0) is 19.8. The second kappa shape index (κ2) is 9.91. The van der Waals surface area contributed by atoms with E-state index in [-0.39, 0.29) is 31.3 Å². The second-order valence-corrected chi connectivity index (χ2v) is 6.33. The zero-order valence-electron chi connectivity index (χ0n) is 15.9. The summed E-state index contributed by atoms with van der Waals surface area (Å²) < 4.78 is 15.9. The van der Waals surface area contributed by atoms with Gasteiger partial charge in [0.1, 0.15) is 12.3 Å². The van der Waals surface area contributed by atoms with E-state index in [4.69, 9.17) is 14.2 Å². The summed E-state index contributed by atoms with van der Waals surface area (Å²) in [6.45, 7) is 6.25. The quantitative estimate of drug-likeness (QED) is 0.711. The third-order valence-corrected chi connectivity index (χ3v) is 3.95. The molecule has 2 rings (SSSR count). The summed E-state index contributed by atoms with van der Waals surface area (Å²) in [4.78, 5) is 37.8. The number of nitrogens with zero attached hydrogens (tertiary/aromatic N) is 1. The zero-order valence-corrected chi connectivity index (χ0v) is 15.9. The Kier molecular flexibility index (Phi) is 7.60. The van der Waals surface area contributed by atoms with Crippen molar-refractivity contribution in [3.8, 4) is 5.75 Å². The third kappa shape index (κ3) is 6.25. The van der Waals surface area contributed by atoms with Crippen LogP contribution in [0, 0.1) is 0 Å². The Hall–Kier alpha value is -2.61. The number of hydrogen-bond acceptors (Lipinski definition) is 6. The summed E-state index contributed by atoms with van der Waals surface area (Å²) in [6.07, 6.45) is -0.115. The van der Waals surface area contributed by atoms with Crippen LogP contribution in [0.15, 0.2) is 24.3 Å². The maximum atomic E-state index is 12.2. The molecule has 1 aromatic rings. The molecule has 0 aromatic heterocycles. The topological polar surface area (TPSA) is 94.2 Å². The van der Waals surface area contributed by atoms with E-state index in [1.54, 1.807) is 29.2 Å². The lowest BCUT2D eigenvalue weighted by Gasteiger charge is -2.35. The van der Waals surface area contributed by atoms with Crippen molar-refractivity contribution in [3.63, 3.8) is 0 Å². The van der Waals surface area contributed by atoms with Gasteiger partial charge in [0, 0.05) is 13.1 Å². The van der Waals surface area contributed by atoms with Gasteiger partial charge in [0.25, 0.3) is 11.8 Å². The van der Waals surface area contributed by atoms with Gasteiger partial charge in [-0.25, -0.2) is 0 Å². The number of hydrogen-bond donors (Lipinski definition) is 1. The van der Waals surface area contributed by atoms with Crippen LogP contribution in [0.1, 0.15) is 31.1 Å². The minimum absolute atomic E-state index is 0.0573. The smallest absolute Gasteiger partial charge is 0.325 e. The lowest BCUT2D eigenvalue weighted by atomic mass is 10.2. The van der Waals surface area contributed by atoms with Crippen LogP contribution in [0.25, 0.3) is 0 Å². The average Bonchev–Trinajstić information content (AvgIpc) is 2.64. The van der Waals surface area contributed by atoms with Gasteiger partial charge in [-0.1, -0.05) is 12.1 Å². The summed E-state index contributed by atoms with van der Waals surface area (Å²) in [7, 11) is 0. The number of carbonyl (C=O) groups excluding carboxylic acids is 3.